The van der Waals surface area contributed by atoms with Crippen LogP contribution in [-0.4, -0.2) is 29.5 Å². The van der Waals surface area contributed by atoms with E-state index in [0.29, 0.717) is 11.1 Å². The minimum absolute atomic E-state index is 0. The second-order valence-corrected chi connectivity index (χ2v) is 13.9. The molecule has 0 radical (unpaired) electrons. The molecule has 0 aromatic heterocycles. The zero-order valence-corrected chi connectivity index (χ0v) is 28.9. The number of hydrogen-bond donors (Lipinski definition) is 2. The van der Waals surface area contributed by atoms with E-state index in [1.165, 1.54) is 12.1 Å². The van der Waals surface area contributed by atoms with Crippen LogP contribution in [0.2, 0.25) is 0 Å². The summed E-state index contributed by atoms with van der Waals surface area (Å²) >= 11 is 0. The Balaban J connectivity index is 0.00000760. The molecule has 0 aliphatic rings. The van der Waals surface area contributed by atoms with E-state index in [0.717, 1.165) is 11.1 Å². The first-order valence-electron chi connectivity index (χ1n) is 12.8. The topological polar surface area (TPSA) is 116 Å². The summed E-state index contributed by atoms with van der Waals surface area (Å²) in [4.78, 5) is 24.6. The summed E-state index contributed by atoms with van der Waals surface area (Å²) in [6.45, 7) is 23.3. The van der Waals surface area contributed by atoms with Gasteiger partial charge >= 0.3 is 70.6 Å². The molecule has 0 unspecified atom stereocenters. The molecule has 39 heavy (non-hydrogen) atoms. The SMILES string of the molecule is CC(C)(C)c1cc(C(=O)O)c(OB([O-])Oc2c(C(=O)O)cc(C(C)(C)C)cc2C(C)(C)C)c(C(C)(C)C)c1.[K+]. The summed E-state index contributed by atoms with van der Waals surface area (Å²) < 4.78 is 11.4. The van der Waals surface area contributed by atoms with Crippen molar-refractivity contribution in [2.45, 2.75) is 105 Å². The average molecular weight is 565 g/mol. The fourth-order valence-electron chi connectivity index (χ4n) is 4.03. The molecule has 7 nitrogen and oxygen atoms in total. The van der Waals surface area contributed by atoms with Crippen LogP contribution >= 0.6 is 0 Å². The molecular weight excluding hydrogens is 522 g/mol. The van der Waals surface area contributed by atoms with Crippen LogP contribution in [0.15, 0.2) is 24.3 Å². The van der Waals surface area contributed by atoms with Crippen LogP contribution in [0.5, 0.6) is 11.5 Å². The molecule has 208 valence electrons. The Hall–Kier alpha value is -1.36. The fraction of sp³-hybridized carbons (Fsp3) is 0.533. The van der Waals surface area contributed by atoms with E-state index >= 15 is 0 Å². The molecule has 0 amide bonds. The van der Waals surface area contributed by atoms with Crippen molar-refractivity contribution in [2.75, 3.05) is 0 Å². The Morgan fingerprint density at radius 2 is 0.897 bits per heavy atom. The van der Waals surface area contributed by atoms with Gasteiger partial charge in [-0.05, 0) is 56.0 Å². The maximum Gasteiger partial charge on any atom is 1.00 e. The van der Waals surface area contributed by atoms with E-state index in [1.54, 1.807) is 0 Å². The van der Waals surface area contributed by atoms with Crippen LogP contribution in [0.4, 0.5) is 0 Å². The summed E-state index contributed by atoms with van der Waals surface area (Å²) in [6.07, 6.45) is 0. The van der Waals surface area contributed by atoms with Crippen LogP contribution in [0.1, 0.15) is 126 Å². The number of carboxylic acid groups (broad SMARTS) is 2. The van der Waals surface area contributed by atoms with Gasteiger partial charge in [0.25, 0.3) is 0 Å². The third-order valence-electron chi connectivity index (χ3n) is 6.41. The van der Waals surface area contributed by atoms with Crippen LogP contribution in [0.25, 0.3) is 0 Å². The van der Waals surface area contributed by atoms with Gasteiger partial charge in [-0.15, -0.1) is 0 Å². The predicted octanol–water partition coefficient (Wildman–Crippen LogP) is 3.08. The first kappa shape index (κ1) is 35.7. The Bertz CT molecular complexity index is 1130. The number of hydrogen-bond acceptors (Lipinski definition) is 5. The van der Waals surface area contributed by atoms with Gasteiger partial charge in [0.1, 0.15) is 22.6 Å². The van der Waals surface area contributed by atoms with E-state index in [4.69, 9.17) is 9.31 Å². The van der Waals surface area contributed by atoms with E-state index in [-0.39, 0.29) is 84.8 Å². The zero-order valence-electron chi connectivity index (χ0n) is 25.8. The number of benzene rings is 2. The van der Waals surface area contributed by atoms with Gasteiger partial charge in [-0.25, -0.2) is 9.59 Å². The van der Waals surface area contributed by atoms with Gasteiger partial charge in [0.2, 0.25) is 0 Å². The molecule has 9 heteroatoms. The number of carbonyl (C=O) groups is 2. The zero-order chi connectivity index (χ0) is 29.6. The van der Waals surface area contributed by atoms with Gasteiger partial charge in [-0.2, -0.15) is 0 Å². The maximum absolute atomic E-state index is 13.3. The number of rotatable bonds is 6. The molecule has 0 spiro atoms. The quantitative estimate of drug-likeness (QED) is 0.518. The predicted molar refractivity (Wildman–Crippen MR) is 149 cm³/mol. The van der Waals surface area contributed by atoms with Crippen molar-refractivity contribution < 1.29 is 85.5 Å². The van der Waals surface area contributed by atoms with Crippen molar-refractivity contribution in [3.05, 3.63) is 57.6 Å². The summed E-state index contributed by atoms with van der Waals surface area (Å²) in [5.41, 5.74) is 0.566. The van der Waals surface area contributed by atoms with Crippen LogP contribution in [-0.2, 0) is 21.7 Å². The van der Waals surface area contributed by atoms with E-state index < -0.39 is 30.1 Å². The Morgan fingerprint density at radius 3 is 1.10 bits per heavy atom. The first-order valence-corrected chi connectivity index (χ1v) is 12.8. The molecule has 2 aromatic rings. The van der Waals surface area contributed by atoms with Crippen molar-refractivity contribution >= 4 is 19.3 Å². The van der Waals surface area contributed by atoms with Gasteiger partial charge in [0.15, 0.2) is 0 Å². The van der Waals surface area contributed by atoms with Crippen molar-refractivity contribution in [3.63, 3.8) is 0 Å². The van der Waals surface area contributed by atoms with Gasteiger partial charge < -0.3 is 24.5 Å². The van der Waals surface area contributed by atoms with E-state index in [2.05, 4.69) is 0 Å². The summed E-state index contributed by atoms with van der Waals surface area (Å²) in [7, 11) is -2.21. The molecule has 0 saturated carbocycles. The van der Waals surface area contributed by atoms with Crippen LogP contribution < -0.4 is 65.7 Å². The van der Waals surface area contributed by atoms with Crippen molar-refractivity contribution in [1.82, 2.24) is 0 Å². The van der Waals surface area contributed by atoms with Gasteiger partial charge in [0, 0.05) is 0 Å². The molecule has 0 atom stereocenters. The normalized spacial score (nSPS) is 12.4. The molecule has 2 aromatic carbocycles. The molecule has 2 rings (SSSR count). The van der Waals surface area contributed by atoms with Crippen LogP contribution in [0, 0.1) is 0 Å². The summed E-state index contributed by atoms with van der Waals surface area (Å²) in [6, 6.07) is 6.74. The van der Waals surface area contributed by atoms with Crippen molar-refractivity contribution in [3.8, 4) is 11.5 Å². The average Bonchev–Trinajstić information content (AvgIpc) is 2.70. The largest absolute Gasteiger partial charge is 1.00 e. The van der Waals surface area contributed by atoms with E-state index in [1.807, 2.05) is 95.2 Å². The molecule has 0 fully saturated rings. The Kier molecular flexibility index (Phi) is 11.2. The molecule has 0 aliphatic heterocycles. The summed E-state index contributed by atoms with van der Waals surface area (Å²) in [5.74, 6) is -2.64. The first-order chi connectivity index (χ1) is 16.9. The van der Waals surface area contributed by atoms with Crippen LogP contribution in [0.3, 0.4) is 0 Å². The van der Waals surface area contributed by atoms with Crippen molar-refractivity contribution in [2.24, 2.45) is 0 Å². The Labute approximate surface area is 276 Å². The molecule has 0 heterocycles. The monoisotopic (exact) mass is 564 g/mol. The molecule has 0 saturated heterocycles. The minimum atomic E-state index is -2.21. The smallest absolute Gasteiger partial charge is 0.808 e. The second-order valence-electron chi connectivity index (χ2n) is 13.9. The van der Waals surface area contributed by atoms with Gasteiger partial charge in [-0.3, -0.25) is 0 Å². The molecule has 0 bridgehead atoms. The number of aromatic carboxylic acids is 2. The van der Waals surface area contributed by atoms with E-state index in [9.17, 15) is 24.8 Å². The van der Waals surface area contributed by atoms with Gasteiger partial charge in [0.05, 0.1) is 0 Å². The number of carboxylic acids is 2. The molecule has 0 aliphatic carbocycles. The third kappa shape index (κ3) is 8.81. The molecular formula is C30H42BKO7. The maximum atomic E-state index is 13.3. The third-order valence-corrected chi connectivity index (χ3v) is 6.41. The standard InChI is InChI=1S/C30H42BO7.K/c1-27(2,3)17-13-19(25(32)33)23(21(15-17)29(7,8)9)37-31(36)38-24-20(26(34)35)14-18(28(4,5)6)16-22(24)30(10,11)12;/h13-16H,1-12H3,(H,32,33)(H,34,35);/q-1;+1. The minimum Gasteiger partial charge on any atom is -0.808 e. The van der Waals surface area contributed by atoms with Crippen molar-refractivity contribution in [1.29, 1.82) is 0 Å². The summed E-state index contributed by atoms with van der Waals surface area (Å²) in [5, 5.41) is 33.4. The fourth-order valence-corrected chi connectivity index (χ4v) is 4.03. The molecule has 2 N–H and O–H groups in total. The Morgan fingerprint density at radius 1 is 0.615 bits per heavy atom. The van der Waals surface area contributed by atoms with Gasteiger partial charge in [-0.1, -0.05) is 95.2 Å². The second kappa shape index (κ2) is 12.2.